The molecule has 3 aromatic rings. The molecule has 24 heavy (non-hydrogen) atoms. The summed E-state index contributed by atoms with van der Waals surface area (Å²) in [5.41, 5.74) is 4.35. The van der Waals surface area contributed by atoms with Crippen LogP contribution in [0.5, 0.6) is 0 Å². The first-order valence-corrected chi connectivity index (χ1v) is 8.80. The summed E-state index contributed by atoms with van der Waals surface area (Å²) < 4.78 is 1.15. The third-order valence-electron chi connectivity index (χ3n) is 4.33. The third kappa shape index (κ3) is 2.57. The van der Waals surface area contributed by atoms with E-state index in [0.29, 0.717) is 5.96 Å². The zero-order valence-corrected chi connectivity index (χ0v) is 15.3. The molecule has 2 N–H and O–H groups in total. The van der Waals surface area contributed by atoms with E-state index in [4.69, 9.17) is 5.41 Å². The van der Waals surface area contributed by atoms with Gasteiger partial charge in [0.2, 0.25) is 0 Å². The van der Waals surface area contributed by atoms with Crippen molar-refractivity contribution in [2.75, 3.05) is 17.3 Å². The minimum atomic E-state index is 0.352. The van der Waals surface area contributed by atoms with E-state index in [2.05, 4.69) is 70.4 Å². The predicted molar refractivity (Wildman–Crippen MR) is 112 cm³/mol. The van der Waals surface area contributed by atoms with Gasteiger partial charge in [-0.15, -0.1) is 0 Å². The van der Waals surface area contributed by atoms with Crippen LogP contribution in [0.25, 0.3) is 22.9 Å². The van der Waals surface area contributed by atoms with Gasteiger partial charge in [0, 0.05) is 27.6 Å². The van der Waals surface area contributed by atoms with Gasteiger partial charge in [0.1, 0.15) is 0 Å². The van der Waals surface area contributed by atoms with Gasteiger partial charge < -0.3 is 10.2 Å². The van der Waals surface area contributed by atoms with Gasteiger partial charge in [-0.3, -0.25) is 5.41 Å². The van der Waals surface area contributed by atoms with Gasteiger partial charge in [0.15, 0.2) is 5.96 Å². The van der Waals surface area contributed by atoms with Crippen molar-refractivity contribution in [1.29, 1.82) is 5.41 Å². The first-order valence-electron chi connectivity index (χ1n) is 7.72. The van der Waals surface area contributed by atoms with Crippen LogP contribution < -0.4 is 10.2 Å². The summed E-state index contributed by atoms with van der Waals surface area (Å²) >= 11 is 2.29. The number of hydrogen-bond acceptors (Lipinski definition) is 1. The number of nitrogens with zero attached hydrogens (tertiary/aromatic N) is 1. The summed E-state index contributed by atoms with van der Waals surface area (Å²) in [6.45, 7) is 0. The largest absolute Gasteiger partial charge is 0.326 e. The molecule has 0 heterocycles. The van der Waals surface area contributed by atoms with E-state index in [9.17, 15) is 0 Å². The molecule has 1 aliphatic carbocycles. The molecular formula is C20H16IN3. The lowest BCUT2D eigenvalue weighted by atomic mass is 10.0. The highest BCUT2D eigenvalue weighted by atomic mass is 127. The van der Waals surface area contributed by atoms with Crippen LogP contribution >= 0.6 is 22.6 Å². The van der Waals surface area contributed by atoms with Gasteiger partial charge in [-0.25, -0.2) is 0 Å². The van der Waals surface area contributed by atoms with E-state index in [1.54, 1.807) is 0 Å². The highest BCUT2D eigenvalue weighted by Gasteiger charge is 2.15. The van der Waals surface area contributed by atoms with Gasteiger partial charge in [-0.05, 0) is 63.2 Å². The molecule has 0 saturated heterocycles. The highest BCUT2D eigenvalue weighted by molar-refractivity contribution is 14.1. The Bertz CT molecular complexity index is 991. The van der Waals surface area contributed by atoms with Crippen molar-refractivity contribution >= 4 is 62.8 Å². The topological polar surface area (TPSA) is 39.1 Å². The lowest BCUT2D eigenvalue weighted by Crippen LogP contribution is -2.32. The fraction of sp³-hybridized carbons (Fsp3) is 0.0500. The minimum absolute atomic E-state index is 0.352. The second-order valence-electron chi connectivity index (χ2n) is 5.82. The smallest absolute Gasteiger partial charge is 0.199 e. The number of halogens is 1. The van der Waals surface area contributed by atoms with Crippen LogP contribution in [-0.2, 0) is 0 Å². The molecule has 0 atom stereocenters. The monoisotopic (exact) mass is 425 g/mol. The summed E-state index contributed by atoms with van der Waals surface area (Å²) in [5, 5.41) is 14.2. The Morgan fingerprint density at radius 3 is 2.71 bits per heavy atom. The Morgan fingerprint density at radius 2 is 1.88 bits per heavy atom. The molecule has 3 aromatic carbocycles. The average molecular weight is 425 g/mol. The number of anilines is 2. The zero-order chi connectivity index (χ0) is 16.7. The molecule has 0 aliphatic heterocycles. The quantitative estimate of drug-likeness (QED) is 0.256. The van der Waals surface area contributed by atoms with Crippen LogP contribution in [0.1, 0.15) is 11.1 Å². The van der Waals surface area contributed by atoms with Gasteiger partial charge in [-0.1, -0.05) is 42.5 Å². The predicted octanol–water partition coefficient (Wildman–Crippen LogP) is 5.41. The van der Waals surface area contributed by atoms with Crippen molar-refractivity contribution in [3.05, 3.63) is 69.3 Å². The molecule has 0 radical (unpaired) electrons. The summed E-state index contributed by atoms with van der Waals surface area (Å²) in [7, 11) is 1.91. The van der Waals surface area contributed by atoms with Gasteiger partial charge in [0.05, 0.1) is 0 Å². The number of rotatable bonds is 2. The van der Waals surface area contributed by atoms with Crippen LogP contribution in [-0.4, -0.2) is 13.0 Å². The van der Waals surface area contributed by atoms with E-state index in [0.717, 1.165) is 20.5 Å². The fourth-order valence-corrected chi connectivity index (χ4v) is 3.58. The maximum Gasteiger partial charge on any atom is 0.199 e. The van der Waals surface area contributed by atoms with Crippen molar-refractivity contribution in [1.82, 2.24) is 0 Å². The molecule has 4 heteroatoms. The lowest BCUT2D eigenvalue weighted by molar-refractivity contribution is 1.21. The number of benzene rings is 3. The lowest BCUT2D eigenvalue weighted by Gasteiger charge is -2.22. The van der Waals surface area contributed by atoms with E-state index in [-0.39, 0.29) is 0 Å². The maximum atomic E-state index is 8.43. The summed E-state index contributed by atoms with van der Waals surface area (Å²) in [5.74, 6) is 0.352. The second kappa shape index (κ2) is 5.94. The SMILES string of the molecule is CN(C(=N)Nc1ccc2cccc3c2c1C=C3)c1cccc(I)c1. The van der Waals surface area contributed by atoms with Crippen molar-refractivity contribution in [2.24, 2.45) is 0 Å². The number of hydrogen-bond donors (Lipinski definition) is 2. The van der Waals surface area contributed by atoms with Crippen molar-refractivity contribution in [3.8, 4) is 0 Å². The molecule has 0 spiro atoms. The maximum absolute atomic E-state index is 8.43. The zero-order valence-electron chi connectivity index (χ0n) is 13.2. The summed E-state index contributed by atoms with van der Waals surface area (Å²) in [6.07, 6.45) is 4.26. The molecule has 0 fully saturated rings. The van der Waals surface area contributed by atoms with Gasteiger partial charge >= 0.3 is 0 Å². The summed E-state index contributed by atoms with van der Waals surface area (Å²) in [4.78, 5) is 1.85. The van der Waals surface area contributed by atoms with Crippen molar-refractivity contribution in [2.45, 2.75) is 0 Å². The van der Waals surface area contributed by atoms with Crippen LogP contribution in [0, 0.1) is 8.98 Å². The molecule has 0 unspecified atom stereocenters. The average Bonchev–Trinajstić information content (AvgIpc) is 3.03. The third-order valence-corrected chi connectivity index (χ3v) is 5.00. The number of nitrogens with one attached hydrogen (secondary N) is 2. The van der Waals surface area contributed by atoms with Crippen LogP contribution in [0.3, 0.4) is 0 Å². The van der Waals surface area contributed by atoms with Crippen molar-refractivity contribution in [3.63, 3.8) is 0 Å². The number of guanidine groups is 1. The van der Waals surface area contributed by atoms with E-state index in [1.165, 1.54) is 16.3 Å². The van der Waals surface area contributed by atoms with E-state index >= 15 is 0 Å². The first-order chi connectivity index (χ1) is 11.6. The molecule has 0 saturated carbocycles. The molecule has 3 nitrogen and oxygen atoms in total. The van der Waals surface area contributed by atoms with Crippen molar-refractivity contribution < 1.29 is 0 Å². The summed E-state index contributed by atoms with van der Waals surface area (Å²) in [6, 6.07) is 18.6. The van der Waals surface area contributed by atoms with Gasteiger partial charge in [-0.2, -0.15) is 0 Å². The minimum Gasteiger partial charge on any atom is -0.326 e. The fourth-order valence-electron chi connectivity index (χ4n) is 3.06. The Kier molecular flexibility index (Phi) is 3.76. The van der Waals surface area contributed by atoms with Crippen LogP contribution in [0.2, 0.25) is 0 Å². The molecule has 0 amide bonds. The molecule has 118 valence electrons. The first kappa shape index (κ1) is 15.2. The molecule has 0 bridgehead atoms. The Balaban J connectivity index is 1.66. The Morgan fingerprint density at radius 1 is 1.04 bits per heavy atom. The van der Waals surface area contributed by atoms with E-state index in [1.807, 2.05) is 36.2 Å². The van der Waals surface area contributed by atoms with Gasteiger partial charge in [0.25, 0.3) is 0 Å². The second-order valence-corrected chi connectivity index (χ2v) is 7.06. The Labute approximate surface area is 154 Å². The standard InChI is InChI=1S/C20H16IN3/c1-24(16-7-3-6-15(21)12-16)20(22)23-18-11-9-14-5-2-4-13-8-10-17(18)19(13)14/h2-12H,1H3,(H2,22,23). The Hall–Kier alpha value is -2.34. The highest BCUT2D eigenvalue weighted by Crippen LogP contribution is 2.36. The normalized spacial score (nSPS) is 11.8. The van der Waals surface area contributed by atoms with Crippen LogP contribution in [0.4, 0.5) is 11.4 Å². The van der Waals surface area contributed by atoms with Crippen LogP contribution in [0.15, 0.2) is 54.6 Å². The molecule has 1 aliphatic rings. The molecule has 4 rings (SSSR count). The van der Waals surface area contributed by atoms with E-state index < -0.39 is 0 Å². The molecular weight excluding hydrogens is 409 g/mol. The molecule has 0 aromatic heterocycles.